The van der Waals surface area contributed by atoms with E-state index in [0.29, 0.717) is 22.0 Å². The van der Waals surface area contributed by atoms with Crippen LogP contribution >= 0.6 is 23.2 Å². The summed E-state index contributed by atoms with van der Waals surface area (Å²) in [5.74, 6) is -0.994. The third kappa shape index (κ3) is 9.56. The summed E-state index contributed by atoms with van der Waals surface area (Å²) in [4.78, 5) is 19.3. The van der Waals surface area contributed by atoms with E-state index in [1.54, 1.807) is 6.07 Å². The summed E-state index contributed by atoms with van der Waals surface area (Å²) in [6.45, 7) is 4.85. The minimum atomic E-state index is -0.690. The van der Waals surface area contributed by atoms with Crippen LogP contribution in [0.25, 0.3) is 0 Å². The van der Waals surface area contributed by atoms with E-state index >= 15 is 0 Å². The summed E-state index contributed by atoms with van der Waals surface area (Å²) in [5, 5.41) is 18.8. The van der Waals surface area contributed by atoms with Gasteiger partial charge in [-0.2, -0.15) is 0 Å². The van der Waals surface area contributed by atoms with Gasteiger partial charge in [-0.3, -0.25) is 9.59 Å². The molecule has 1 heterocycles. The summed E-state index contributed by atoms with van der Waals surface area (Å²) >= 11 is 12.3. The molecule has 2 aromatic carbocycles. The number of benzene rings is 2. The highest BCUT2D eigenvalue weighted by atomic mass is 35.5. The topological polar surface area (TPSA) is 116 Å². The highest BCUT2D eigenvalue weighted by Gasteiger charge is 2.51. The standard InChI is InChI=1S/C23H27Cl2FN2.C7H13NO.C2H5NO2/c1-22(2)9-11-23(12-10-22)21(28-16-6-3-5-15(24)13-16)18(14-27-23)17-7-4-8-19(25)20(17)26;9-6-8-7-4-2-1-3-5-7;3-2(5)1-4/h3-8,13,18,21,27-28H,9-12,14H2,1-2H3;6-7H,1-5H2,(H,8,9);4H,1H2,(H2,3,5). The predicted molar refractivity (Wildman–Crippen MR) is 168 cm³/mol. The third-order valence-corrected chi connectivity index (χ3v) is 9.29. The molecule has 0 radical (unpaired) electrons. The van der Waals surface area contributed by atoms with Gasteiger partial charge < -0.3 is 26.8 Å². The second-order valence-corrected chi connectivity index (χ2v) is 13.2. The lowest BCUT2D eigenvalue weighted by Crippen LogP contribution is -2.54. The first-order chi connectivity index (χ1) is 20.0. The number of nitrogens with one attached hydrogen (secondary N) is 3. The zero-order valence-corrected chi connectivity index (χ0v) is 26.1. The van der Waals surface area contributed by atoms with Gasteiger partial charge in [0.15, 0.2) is 0 Å². The highest BCUT2D eigenvalue weighted by Crippen LogP contribution is 2.48. The van der Waals surface area contributed by atoms with Crippen molar-refractivity contribution in [2.75, 3.05) is 18.5 Å². The van der Waals surface area contributed by atoms with Gasteiger partial charge >= 0.3 is 0 Å². The van der Waals surface area contributed by atoms with E-state index in [-0.39, 0.29) is 28.3 Å². The van der Waals surface area contributed by atoms with Crippen molar-refractivity contribution in [2.24, 2.45) is 11.1 Å². The van der Waals surface area contributed by atoms with Gasteiger partial charge in [-0.05, 0) is 73.8 Å². The number of primary amides is 1. The number of hydrogen-bond acceptors (Lipinski definition) is 5. The van der Waals surface area contributed by atoms with Crippen LogP contribution in [0, 0.1) is 11.2 Å². The zero-order chi connectivity index (χ0) is 30.8. The van der Waals surface area contributed by atoms with Crippen LogP contribution in [0.4, 0.5) is 10.1 Å². The number of aliphatic hydroxyl groups excluding tert-OH is 1. The van der Waals surface area contributed by atoms with E-state index in [0.717, 1.165) is 44.3 Å². The number of carbonyl (C=O) groups is 2. The van der Waals surface area contributed by atoms with Gasteiger partial charge in [0.1, 0.15) is 12.4 Å². The predicted octanol–water partition coefficient (Wildman–Crippen LogP) is 6.17. The Hall–Kier alpha value is -2.39. The average molecular weight is 624 g/mol. The monoisotopic (exact) mass is 622 g/mol. The Morgan fingerprint density at radius 1 is 1.10 bits per heavy atom. The lowest BCUT2D eigenvalue weighted by atomic mass is 9.66. The van der Waals surface area contributed by atoms with Crippen molar-refractivity contribution in [3.8, 4) is 0 Å². The molecule has 2 amide bonds. The van der Waals surface area contributed by atoms with E-state index in [1.165, 1.54) is 32.1 Å². The summed E-state index contributed by atoms with van der Waals surface area (Å²) in [6, 6.07) is 13.6. The molecule has 2 unspecified atom stereocenters. The average Bonchev–Trinajstić information content (AvgIpc) is 3.31. The third-order valence-electron chi connectivity index (χ3n) is 8.76. The molecule has 2 saturated carbocycles. The van der Waals surface area contributed by atoms with Crippen LogP contribution in [-0.4, -0.2) is 48.2 Å². The Bertz CT molecular complexity index is 1170. The zero-order valence-electron chi connectivity index (χ0n) is 24.6. The van der Waals surface area contributed by atoms with Gasteiger partial charge in [0.05, 0.1) is 11.1 Å². The molecule has 232 valence electrons. The number of nitrogens with two attached hydrogens (primary N) is 1. The molecule has 0 aromatic heterocycles. The van der Waals surface area contributed by atoms with Gasteiger partial charge in [-0.15, -0.1) is 0 Å². The Morgan fingerprint density at radius 3 is 2.33 bits per heavy atom. The molecule has 7 nitrogen and oxygen atoms in total. The smallest absolute Gasteiger partial charge is 0.243 e. The molecule has 1 spiro atoms. The van der Waals surface area contributed by atoms with Crippen LogP contribution < -0.4 is 21.7 Å². The highest BCUT2D eigenvalue weighted by molar-refractivity contribution is 6.31. The van der Waals surface area contributed by atoms with Crippen molar-refractivity contribution in [1.29, 1.82) is 0 Å². The maximum atomic E-state index is 14.9. The minimum Gasteiger partial charge on any atom is -0.387 e. The Balaban J connectivity index is 0.000000285. The van der Waals surface area contributed by atoms with Crippen molar-refractivity contribution in [3.05, 3.63) is 63.9 Å². The van der Waals surface area contributed by atoms with E-state index < -0.39 is 12.5 Å². The van der Waals surface area contributed by atoms with Crippen molar-refractivity contribution in [3.63, 3.8) is 0 Å². The van der Waals surface area contributed by atoms with Crippen LogP contribution in [0.5, 0.6) is 0 Å². The molecule has 6 N–H and O–H groups in total. The first-order valence-corrected chi connectivity index (χ1v) is 15.6. The Kier molecular flexibility index (Phi) is 12.9. The van der Waals surface area contributed by atoms with Gasteiger partial charge in [-0.25, -0.2) is 4.39 Å². The normalized spacial score (nSPS) is 22.6. The van der Waals surface area contributed by atoms with Crippen molar-refractivity contribution in [1.82, 2.24) is 10.6 Å². The van der Waals surface area contributed by atoms with Crippen LogP contribution in [0.1, 0.15) is 83.1 Å². The number of rotatable bonds is 6. The SMILES string of the molecule is CC1(C)CCC2(CC1)NCC(c1cccc(Cl)c1F)C2Nc1cccc(Cl)c1.NC(=O)CO.O=CNC1CCCCC1. The Labute approximate surface area is 259 Å². The molecular formula is C32H45Cl2FN4O3. The number of anilines is 1. The second kappa shape index (κ2) is 15.9. The van der Waals surface area contributed by atoms with Crippen LogP contribution in [0.3, 0.4) is 0 Å². The van der Waals surface area contributed by atoms with Gasteiger partial charge in [-0.1, -0.05) is 74.5 Å². The summed E-state index contributed by atoms with van der Waals surface area (Å²) in [6.07, 6.45) is 11.5. The molecular weight excluding hydrogens is 578 g/mol. The molecule has 3 aliphatic rings. The maximum absolute atomic E-state index is 14.9. The number of halogens is 3. The van der Waals surface area contributed by atoms with Gasteiger partial charge in [0, 0.05) is 34.8 Å². The van der Waals surface area contributed by atoms with Crippen molar-refractivity contribution < 1.29 is 19.1 Å². The largest absolute Gasteiger partial charge is 0.387 e. The van der Waals surface area contributed by atoms with E-state index in [4.69, 9.17) is 28.3 Å². The minimum absolute atomic E-state index is 0.00102. The molecule has 1 saturated heterocycles. The van der Waals surface area contributed by atoms with E-state index in [2.05, 4.69) is 35.5 Å². The van der Waals surface area contributed by atoms with E-state index in [1.807, 2.05) is 36.4 Å². The van der Waals surface area contributed by atoms with Gasteiger partial charge in [0.2, 0.25) is 12.3 Å². The van der Waals surface area contributed by atoms with Crippen molar-refractivity contribution >= 4 is 41.2 Å². The lowest BCUT2D eigenvalue weighted by Gasteiger charge is -2.46. The molecule has 2 aromatic rings. The summed E-state index contributed by atoms with van der Waals surface area (Å²) in [5.41, 5.74) is 6.35. The first-order valence-electron chi connectivity index (χ1n) is 14.8. The second-order valence-electron chi connectivity index (χ2n) is 12.3. The molecule has 42 heavy (non-hydrogen) atoms. The van der Waals surface area contributed by atoms with Crippen LogP contribution in [-0.2, 0) is 9.59 Å². The molecule has 1 aliphatic heterocycles. The molecule has 5 rings (SSSR count). The summed E-state index contributed by atoms with van der Waals surface area (Å²) in [7, 11) is 0. The first kappa shape index (κ1) is 34.1. The molecule has 0 bridgehead atoms. The van der Waals surface area contributed by atoms with Crippen LogP contribution in [0.15, 0.2) is 42.5 Å². The van der Waals surface area contributed by atoms with Crippen molar-refractivity contribution in [2.45, 2.75) is 95.2 Å². The fraction of sp³-hybridized carbons (Fsp3) is 0.562. The molecule has 2 atom stereocenters. The lowest BCUT2D eigenvalue weighted by molar-refractivity contribution is -0.120. The summed E-state index contributed by atoms with van der Waals surface area (Å²) < 4.78 is 14.9. The fourth-order valence-electron chi connectivity index (χ4n) is 6.25. The molecule has 3 fully saturated rings. The number of amides is 2. The maximum Gasteiger partial charge on any atom is 0.243 e. The molecule has 2 aliphatic carbocycles. The quantitative estimate of drug-likeness (QED) is 0.247. The number of carbonyl (C=O) groups excluding carboxylic acids is 2. The van der Waals surface area contributed by atoms with E-state index in [9.17, 15) is 14.0 Å². The number of aliphatic hydroxyl groups is 1. The fourth-order valence-corrected chi connectivity index (χ4v) is 6.62. The molecule has 10 heteroatoms. The Morgan fingerprint density at radius 2 is 1.74 bits per heavy atom. The van der Waals surface area contributed by atoms with Crippen LogP contribution in [0.2, 0.25) is 10.0 Å². The van der Waals surface area contributed by atoms with Gasteiger partial charge in [0.25, 0.3) is 0 Å². The number of hydrogen-bond donors (Lipinski definition) is 5.